The smallest absolute Gasteiger partial charge is 0.338 e. The van der Waals surface area contributed by atoms with E-state index in [-0.39, 0.29) is 12.3 Å². The Balaban J connectivity index is 1.61. The highest BCUT2D eigenvalue weighted by molar-refractivity contribution is 7.10. The van der Waals surface area contributed by atoms with Gasteiger partial charge in [-0.05, 0) is 48.7 Å². The summed E-state index contributed by atoms with van der Waals surface area (Å²) in [7, 11) is 0. The van der Waals surface area contributed by atoms with Crippen molar-refractivity contribution in [1.82, 2.24) is 10.2 Å². The number of amides is 4. The molecular weight excluding hydrogens is 382 g/mol. The molecule has 2 N–H and O–H groups in total. The third-order valence-electron chi connectivity index (χ3n) is 3.77. The van der Waals surface area contributed by atoms with Crippen molar-refractivity contribution >= 4 is 46.9 Å². The Labute approximate surface area is 164 Å². The first kappa shape index (κ1) is 19.3. The quantitative estimate of drug-likeness (QED) is 0.441. The lowest BCUT2D eigenvalue weighted by molar-refractivity contribution is -0.127. The minimum absolute atomic E-state index is 0.124. The molecule has 2 heterocycles. The van der Waals surface area contributed by atoms with Gasteiger partial charge in [-0.1, -0.05) is 6.07 Å². The van der Waals surface area contributed by atoms with E-state index in [0.717, 1.165) is 9.78 Å². The van der Waals surface area contributed by atoms with E-state index >= 15 is 0 Å². The summed E-state index contributed by atoms with van der Waals surface area (Å²) >= 11 is 1.43. The number of carbonyl (C=O) groups excluding carboxylic acids is 4. The zero-order valence-electron chi connectivity index (χ0n) is 14.9. The molecule has 9 heteroatoms. The van der Waals surface area contributed by atoms with E-state index in [1.807, 2.05) is 17.5 Å². The third kappa shape index (κ3) is 4.44. The average molecular weight is 399 g/mol. The number of rotatable bonds is 6. The van der Waals surface area contributed by atoms with Crippen molar-refractivity contribution in [3.05, 3.63) is 57.9 Å². The van der Waals surface area contributed by atoms with E-state index in [2.05, 4.69) is 10.6 Å². The number of carbonyl (C=O) groups is 4. The molecule has 2 aromatic rings. The number of nitrogens with one attached hydrogen (secondary N) is 2. The van der Waals surface area contributed by atoms with Crippen molar-refractivity contribution in [3.8, 4) is 0 Å². The molecule has 1 fully saturated rings. The molecule has 0 unspecified atom stereocenters. The van der Waals surface area contributed by atoms with Crippen molar-refractivity contribution in [2.24, 2.45) is 0 Å². The summed E-state index contributed by atoms with van der Waals surface area (Å²) in [5, 5.41) is 6.91. The predicted molar refractivity (Wildman–Crippen MR) is 104 cm³/mol. The predicted octanol–water partition coefficient (Wildman–Crippen LogP) is 2.46. The number of benzene rings is 1. The fraction of sp³-hybridized carbons (Fsp3) is 0.158. The number of ether oxygens (including phenoxy) is 1. The van der Waals surface area contributed by atoms with Crippen LogP contribution in [-0.4, -0.2) is 41.9 Å². The molecule has 0 saturated carbocycles. The number of esters is 1. The van der Waals surface area contributed by atoms with Crippen LogP contribution in [0.2, 0.25) is 0 Å². The van der Waals surface area contributed by atoms with Crippen molar-refractivity contribution in [2.45, 2.75) is 6.92 Å². The third-order valence-corrected chi connectivity index (χ3v) is 4.59. The summed E-state index contributed by atoms with van der Waals surface area (Å²) in [6.07, 6.45) is 1.57. The van der Waals surface area contributed by atoms with Gasteiger partial charge in [-0.15, -0.1) is 11.3 Å². The van der Waals surface area contributed by atoms with Crippen LogP contribution in [0.4, 0.5) is 10.5 Å². The van der Waals surface area contributed by atoms with Crippen LogP contribution in [-0.2, 0) is 14.3 Å². The molecule has 0 radical (unpaired) electrons. The SMILES string of the molecule is CCOC(=O)c1ccc(NC(=O)CN2C(=O)N/C(=C\c3cccs3)C2=O)cc1. The molecule has 1 saturated heterocycles. The van der Waals surface area contributed by atoms with Crippen LogP contribution in [0.15, 0.2) is 47.5 Å². The Hall–Kier alpha value is -3.46. The number of hydrogen-bond donors (Lipinski definition) is 2. The van der Waals surface area contributed by atoms with Gasteiger partial charge in [-0.3, -0.25) is 9.59 Å². The van der Waals surface area contributed by atoms with Crippen LogP contribution in [0.1, 0.15) is 22.2 Å². The second-order valence-corrected chi connectivity index (χ2v) is 6.72. The maximum Gasteiger partial charge on any atom is 0.338 e. The minimum Gasteiger partial charge on any atom is -0.462 e. The minimum atomic E-state index is -0.652. The van der Waals surface area contributed by atoms with Crippen molar-refractivity contribution in [1.29, 1.82) is 0 Å². The standard InChI is InChI=1S/C19H17N3O5S/c1-2-27-18(25)12-5-7-13(8-6-12)20-16(23)11-22-17(24)15(21-19(22)26)10-14-4-3-9-28-14/h3-10H,2,11H2,1H3,(H,20,23)(H,21,26)/b15-10-. The molecule has 8 nitrogen and oxygen atoms in total. The maximum atomic E-state index is 12.4. The van der Waals surface area contributed by atoms with Crippen LogP contribution in [0.5, 0.6) is 0 Å². The van der Waals surface area contributed by atoms with Gasteiger partial charge in [-0.2, -0.15) is 0 Å². The lowest BCUT2D eigenvalue weighted by Crippen LogP contribution is -2.38. The zero-order valence-corrected chi connectivity index (χ0v) is 15.7. The number of anilines is 1. The van der Waals surface area contributed by atoms with Crippen molar-refractivity contribution in [2.75, 3.05) is 18.5 Å². The monoisotopic (exact) mass is 399 g/mol. The van der Waals surface area contributed by atoms with E-state index in [9.17, 15) is 19.2 Å². The first-order chi connectivity index (χ1) is 13.5. The van der Waals surface area contributed by atoms with E-state index in [1.165, 1.54) is 35.6 Å². The number of nitrogens with zero attached hydrogens (tertiary/aromatic N) is 1. The van der Waals surface area contributed by atoms with Gasteiger partial charge in [0.2, 0.25) is 5.91 Å². The van der Waals surface area contributed by atoms with Gasteiger partial charge < -0.3 is 15.4 Å². The highest BCUT2D eigenvalue weighted by Crippen LogP contribution is 2.17. The molecule has 0 bridgehead atoms. The zero-order chi connectivity index (χ0) is 20.1. The molecule has 0 aliphatic carbocycles. The topological polar surface area (TPSA) is 105 Å². The second kappa shape index (κ2) is 8.49. The van der Waals surface area contributed by atoms with Crippen molar-refractivity contribution in [3.63, 3.8) is 0 Å². The van der Waals surface area contributed by atoms with Crippen LogP contribution >= 0.6 is 11.3 Å². The summed E-state index contributed by atoms with van der Waals surface area (Å²) in [5.74, 6) is -1.55. The largest absolute Gasteiger partial charge is 0.462 e. The fourth-order valence-electron chi connectivity index (χ4n) is 2.48. The lowest BCUT2D eigenvalue weighted by atomic mass is 10.2. The van der Waals surface area contributed by atoms with Crippen molar-refractivity contribution < 1.29 is 23.9 Å². The Morgan fingerprint density at radius 2 is 1.96 bits per heavy atom. The summed E-state index contributed by atoms with van der Waals surface area (Å²) in [4.78, 5) is 49.9. The Morgan fingerprint density at radius 3 is 2.61 bits per heavy atom. The molecule has 1 aromatic heterocycles. The molecule has 0 spiro atoms. The van der Waals surface area contributed by atoms with Gasteiger partial charge in [0.15, 0.2) is 0 Å². The Bertz CT molecular complexity index is 935. The summed E-state index contributed by atoms with van der Waals surface area (Å²) < 4.78 is 4.89. The first-order valence-electron chi connectivity index (χ1n) is 8.43. The highest BCUT2D eigenvalue weighted by Gasteiger charge is 2.34. The van der Waals surface area contributed by atoms with Crippen LogP contribution in [0.25, 0.3) is 6.08 Å². The lowest BCUT2D eigenvalue weighted by Gasteiger charge is -2.12. The molecule has 1 aromatic carbocycles. The van der Waals surface area contributed by atoms with Crippen LogP contribution in [0.3, 0.4) is 0 Å². The normalized spacial score (nSPS) is 14.9. The van der Waals surface area contributed by atoms with Gasteiger partial charge in [0, 0.05) is 10.6 Å². The van der Waals surface area contributed by atoms with Gasteiger partial charge in [-0.25, -0.2) is 14.5 Å². The maximum absolute atomic E-state index is 12.4. The van der Waals surface area contributed by atoms with Gasteiger partial charge in [0.05, 0.1) is 12.2 Å². The molecule has 1 aliphatic heterocycles. The molecule has 0 atom stereocenters. The molecule has 3 rings (SSSR count). The second-order valence-electron chi connectivity index (χ2n) is 5.74. The van der Waals surface area contributed by atoms with E-state index < -0.39 is 30.4 Å². The van der Waals surface area contributed by atoms with Gasteiger partial charge in [0.25, 0.3) is 5.91 Å². The summed E-state index contributed by atoms with van der Waals surface area (Å²) in [6.45, 7) is 1.56. The van der Waals surface area contributed by atoms with Crippen LogP contribution in [0, 0.1) is 0 Å². The summed E-state index contributed by atoms with van der Waals surface area (Å²) in [6, 6.07) is 9.10. The molecule has 4 amide bonds. The van der Waals surface area contributed by atoms with Gasteiger partial charge >= 0.3 is 12.0 Å². The molecular formula is C19H17N3O5S. The Morgan fingerprint density at radius 1 is 1.21 bits per heavy atom. The number of imide groups is 1. The number of urea groups is 1. The molecule has 144 valence electrons. The first-order valence-corrected chi connectivity index (χ1v) is 9.31. The fourth-order valence-corrected chi connectivity index (χ4v) is 3.14. The Kier molecular flexibility index (Phi) is 5.85. The van der Waals surface area contributed by atoms with E-state index in [0.29, 0.717) is 11.3 Å². The molecule has 1 aliphatic rings. The molecule has 28 heavy (non-hydrogen) atoms. The highest BCUT2D eigenvalue weighted by atomic mass is 32.1. The average Bonchev–Trinajstić information content (AvgIpc) is 3.27. The van der Waals surface area contributed by atoms with Crippen LogP contribution < -0.4 is 10.6 Å². The summed E-state index contributed by atoms with van der Waals surface area (Å²) in [5.41, 5.74) is 0.913. The number of thiophene rings is 1. The van der Waals surface area contributed by atoms with Gasteiger partial charge in [0.1, 0.15) is 12.2 Å². The van der Waals surface area contributed by atoms with E-state index in [1.54, 1.807) is 13.0 Å². The number of hydrogen-bond acceptors (Lipinski definition) is 6. The van der Waals surface area contributed by atoms with E-state index in [4.69, 9.17) is 4.74 Å².